The standard InChI is InChI=1S/C18H24ClN3O3/c1-11(2)8-20-17(23)15-7-14-9-22(10-16(15)25-14)18(24)21-13-5-3-12(19)4-6-13/h3-6,11,14-16H,7-10H2,1-2H3,(H,20,23)(H,21,24)/t14-,15+,16-/m0/s1. The number of carbonyl (C=O) groups excluding carboxylic acids is 2. The van der Waals surface area contributed by atoms with Crippen LogP contribution in [0.25, 0.3) is 0 Å². The molecule has 0 aliphatic carbocycles. The average Bonchev–Trinajstić information content (AvgIpc) is 2.88. The average molecular weight is 366 g/mol. The molecule has 2 saturated heterocycles. The normalized spacial score (nSPS) is 25.1. The zero-order chi connectivity index (χ0) is 18.0. The number of halogens is 1. The highest BCUT2D eigenvalue weighted by atomic mass is 35.5. The lowest BCUT2D eigenvalue weighted by molar-refractivity contribution is -0.127. The second-order valence-electron chi connectivity index (χ2n) is 7.12. The van der Waals surface area contributed by atoms with Crippen LogP contribution in [0.4, 0.5) is 10.5 Å². The molecule has 2 fully saturated rings. The highest BCUT2D eigenvalue weighted by Gasteiger charge is 2.45. The van der Waals surface area contributed by atoms with Gasteiger partial charge in [0.15, 0.2) is 0 Å². The molecule has 3 atom stereocenters. The molecule has 3 rings (SSSR count). The van der Waals surface area contributed by atoms with Gasteiger partial charge < -0.3 is 20.3 Å². The van der Waals surface area contributed by atoms with Crippen LogP contribution in [-0.4, -0.2) is 48.7 Å². The van der Waals surface area contributed by atoms with Crippen LogP contribution in [0, 0.1) is 11.8 Å². The van der Waals surface area contributed by atoms with Crippen LogP contribution in [0.3, 0.4) is 0 Å². The predicted octanol–water partition coefficient (Wildman–Crippen LogP) is 2.73. The van der Waals surface area contributed by atoms with E-state index < -0.39 is 0 Å². The molecule has 0 saturated carbocycles. The smallest absolute Gasteiger partial charge is 0.322 e. The summed E-state index contributed by atoms with van der Waals surface area (Å²) in [6.45, 7) is 5.71. The first kappa shape index (κ1) is 18.0. The fourth-order valence-corrected chi connectivity index (χ4v) is 3.40. The Balaban J connectivity index is 1.57. The van der Waals surface area contributed by atoms with Gasteiger partial charge in [0.1, 0.15) is 0 Å². The van der Waals surface area contributed by atoms with E-state index in [0.29, 0.717) is 42.7 Å². The van der Waals surface area contributed by atoms with Crippen molar-refractivity contribution in [2.45, 2.75) is 32.5 Å². The van der Waals surface area contributed by atoms with Gasteiger partial charge in [-0.1, -0.05) is 25.4 Å². The van der Waals surface area contributed by atoms with Crippen LogP contribution in [-0.2, 0) is 9.53 Å². The maximum atomic E-state index is 12.5. The number of ether oxygens (including phenoxy) is 1. The van der Waals surface area contributed by atoms with E-state index in [0.717, 1.165) is 0 Å². The Kier molecular flexibility index (Phi) is 5.49. The molecule has 7 heteroatoms. The molecule has 2 aliphatic heterocycles. The molecule has 136 valence electrons. The zero-order valence-corrected chi connectivity index (χ0v) is 15.3. The Labute approximate surface area is 152 Å². The van der Waals surface area contributed by atoms with E-state index in [4.69, 9.17) is 16.3 Å². The van der Waals surface area contributed by atoms with Gasteiger partial charge in [-0.3, -0.25) is 4.79 Å². The van der Waals surface area contributed by atoms with Crippen LogP contribution >= 0.6 is 11.6 Å². The van der Waals surface area contributed by atoms with E-state index in [-0.39, 0.29) is 30.1 Å². The van der Waals surface area contributed by atoms with Crippen molar-refractivity contribution in [2.24, 2.45) is 11.8 Å². The predicted molar refractivity (Wildman–Crippen MR) is 96.7 cm³/mol. The van der Waals surface area contributed by atoms with Crippen molar-refractivity contribution in [2.75, 3.05) is 25.0 Å². The molecular formula is C18H24ClN3O3. The van der Waals surface area contributed by atoms with Gasteiger partial charge in [-0.2, -0.15) is 0 Å². The van der Waals surface area contributed by atoms with Crippen molar-refractivity contribution in [3.05, 3.63) is 29.3 Å². The summed E-state index contributed by atoms with van der Waals surface area (Å²) >= 11 is 5.86. The lowest BCUT2D eigenvalue weighted by atomic mass is 9.99. The number of nitrogens with zero attached hydrogens (tertiary/aromatic N) is 1. The van der Waals surface area contributed by atoms with Gasteiger partial charge in [0.2, 0.25) is 5.91 Å². The van der Waals surface area contributed by atoms with E-state index in [1.165, 1.54) is 0 Å². The molecule has 0 radical (unpaired) electrons. The minimum absolute atomic E-state index is 0.0289. The quantitative estimate of drug-likeness (QED) is 0.861. The zero-order valence-electron chi connectivity index (χ0n) is 14.5. The number of hydrogen-bond acceptors (Lipinski definition) is 3. The van der Waals surface area contributed by atoms with E-state index in [1.807, 2.05) is 0 Å². The molecule has 2 aliphatic rings. The molecule has 1 aromatic carbocycles. The first-order valence-electron chi connectivity index (χ1n) is 8.67. The SMILES string of the molecule is CC(C)CNC(=O)[C@@H]1C[C@H]2CN(C(=O)Nc3ccc(Cl)cc3)C[C@@H]1O2. The number of likely N-dealkylation sites (tertiary alicyclic amines) is 1. The van der Waals surface area contributed by atoms with Gasteiger partial charge in [0, 0.05) is 30.3 Å². The van der Waals surface area contributed by atoms with Gasteiger partial charge in [0.05, 0.1) is 18.1 Å². The van der Waals surface area contributed by atoms with Crippen LogP contribution in [0.1, 0.15) is 20.3 Å². The van der Waals surface area contributed by atoms with Crippen molar-refractivity contribution in [1.82, 2.24) is 10.2 Å². The Morgan fingerprint density at radius 2 is 2.00 bits per heavy atom. The number of anilines is 1. The number of nitrogens with one attached hydrogen (secondary N) is 2. The molecule has 2 heterocycles. The summed E-state index contributed by atoms with van der Waals surface area (Å²) in [5.74, 6) is 0.255. The first-order valence-corrected chi connectivity index (χ1v) is 9.05. The van der Waals surface area contributed by atoms with Crippen LogP contribution in [0.2, 0.25) is 5.02 Å². The van der Waals surface area contributed by atoms with Crippen LogP contribution < -0.4 is 10.6 Å². The Morgan fingerprint density at radius 1 is 1.28 bits per heavy atom. The topological polar surface area (TPSA) is 70.7 Å². The molecular weight excluding hydrogens is 342 g/mol. The minimum atomic E-state index is -0.234. The van der Waals surface area contributed by atoms with Gasteiger partial charge in [0.25, 0.3) is 0 Å². The first-order chi connectivity index (χ1) is 11.9. The van der Waals surface area contributed by atoms with E-state index in [1.54, 1.807) is 29.2 Å². The Morgan fingerprint density at radius 3 is 2.68 bits per heavy atom. The number of urea groups is 1. The van der Waals surface area contributed by atoms with E-state index >= 15 is 0 Å². The molecule has 0 aromatic heterocycles. The number of fused-ring (bicyclic) bond motifs is 2. The van der Waals surface area contributed by atoms with Crippen molar-refractivity contribution >= 4 is 29.2 Å². The molecule has 3 amide bonds. The second kappa shape index (κ2) is 7.62. The minimum Gasteiger partial charge on any atom is -0.370 e. The summed E-state index contributed by atoms with van der Waals surface area (Å²) in [6.07, 6.45) is 0.352. The summed E-state index contributed by atoms with van der Waals surface area (Å²) in [6, 6.07) is 6.81. The summed E-state index contributed by atoms with van der Waals surface area (Å²) in [5, 5.41) is 6.46. The molecule has 2 N–H and O–H groups in total. The Bertz CT molecular complexity index is 635. The van der Waals surface area contributed by atoms with Gasteiger partial charge in [-0.05, 0) is 36.6 Å². The maximum absolute atomic E-state index is 12.5. The van der Waals surface area contributed by atoms with E-state index in [9.17, 15) is 9.59 Å². The third-order valence-corrected chi connectivity index (χ3v) is 4.81. The number of carbonyl (C=O) groups is 2. The second-order valence-corrected chi connectivity index (χ2v) is 7.56. The Hall–Kier alpha value is -1.79. The van der Waals surface area contributed by atoms with Crippen LogP contribution in [0.15, 0.2) is 24.3 Å². The molecule has 25 heavy (non-hydrogen) atoms. The monoisotopic (exact) mass is 365 g/mol. The lowest BCUT2D eigenvalue weighted by Gasteiger charge is -2.32. The fourth-order valence-electron chi connectivity index (χ4n) is 3.27. The summed E-state index contributed by atoms with van der Waals surface area (Å²) in [7, 11) is 0. The number of amides is 3. The number of morpholine rings is 1. The third-order valence-electron chi connectivity index (χ3n) is 4.56. The van der Waals surface area contributed by atoms with Gasteiger partial charge in [-0.25, -0.2) is 4.79 Å². The maximum Gasteiger partial charge on any atom is 0.322 e. The summed E-state index contributed by atoms with van der Waals surface area (Å²) < 4.78 is 5.88. The fraction of sp³-hybridized carbons (Fsp3) is 0.556. The number of benzene rings is 1. The molecule has 6 nitrogen and oxygen atoms in total. The third kappa shape index (κ3) is 4.44. The molecule has 0 spiro atoms. The van der Waals surface area contributed by atoms with Crippen molar-refractivity contribution in [3.63, 3.8) is 0 Å². The highest BCUT2D eigenvalue weighted by Crippen LogP contribution is 2.32. The number of rotatable bonds is 4. The number of hydrogen-bond donors (Lipinski definition) is 2. The molecule has 2 bridgehead atoms. The van der Waals surface area contributed by atoms with Gasteiger partial charge in [-0.15, -0.1) is 0 Å². The van der Waals surface area contributed by atoms with Crippen molar-refractivity contribution < 1.29 is 14.3 Å². The lowest BCUT2D eigenvalue weighted by Crippen LogP contribution is -2.49. The highest BCUT2D eigenvalue weighted by molar-refractivity contribution is 6.30. The largest absolute Gasteiger partial charge is 0.370 e. The van der Waals surface area contributed by atoms with Gasteiger partial charge >= 0.3 is 6.03 Å². The van der Waals surface area contributed by atoms with Crippen molar-refractivity contribution in [3.8, 4) is 0 Å². The molecule has 1 aromatic rings. The summed E-state index contributed by atoms with van der Waals surface area (Å²) in [4.78, 5) is 26.6. The van der Waals surface area contributed by atoms with E-state index in [2.05, 4.69) is 24.5 Å². The van der Waals surface area contributed by atoms with Crippen LogP contribution in [0.5, 0.6) is 0 Å². The summed E-state index contributed by atoms with van der Waals surface area (Å²) in [5.41, 5.74) is 0.694. The molecule has 0 unspecified atom stereocenters. The van der Waals surface area contributed by atoms with Crippen molar-refractivity contribution in [1.29, 1.82) is 0 Å².